The molecule has 4 aromatic rings. The Balaban J connectivity index is 1.83. The van der Waals surface area contributed by atoms with E-state index in [4.69, 9.17) is 34.8 Å². The maximum absolute atomic E-state index is 14.5. The van der Waals surface area contributed by atoms with Gasteiger partial charge in [0, 0.05) is 23.5 Å². The van der Waals surface area contributed by atoms with Crippen molar-refractivity contribution in [1.29, 1.82) is 0 Å². The second kappa shape index (κ2) is 14.7. The highest BCUT2D eigenvalue weighted by Gasteiger charge is 2.35. The molecule has 1 N–H and O–H groups in total. The molecular weight excluding hydrogens is 653 g/mol. The molecular formula is C34H34Cl3N3O4S. The first kappa shape index (κ1) is 34.3. The first-order valence-corrected chi connectivity index (χ1v) is 16.7. The molecule has 11 heteroatoms. The zero-order valence-corrected chi connectivity index (χ0v) is 28.2. The number of rotatable bonds is 11. The van der Waals surface area contributed by atoms with Crippen molar-refractivity contribution in [3.63, 3.8) is 0 Å². The van der Waals surface area contributed by atoms with Crippen LogP contribution in [0.1, 0.15) is 31.9 Å². The van der Waals surface area contributed by atoms with E-state index in [0.29, 0.717) is 15.6 Å². The Bertz CT molecular complexity index is 1750. The number of nitrogens with zero attached hydrogens (tertiary/aromatic N) is 2. The summed E-state index contributed by atoms with van der Waals surface area (Å²) in [6.07, 6.45) is 0.179. The molecule has 4 rings (SSSR count). The van der Waals surface area contributed by atoms with Gasteiger partial charge in [0.15, 0.2) is 0 Å². The molecule has 1 unspecified atom stereocenters. The van der Waals surface area contributed by atoms with Crippen molar-refractivity contribution >= 4 is 62.3 Å². The summed E-state index contributed by atoms with van der Waals surface area (Å²) in [6.45, 7) is 4.90. The van der Waals surface area contributed by atoms with Gasteiger partial charge in [-0.25, -0.2) is 8.42 Å². The van der Waals surface area contributed by atoms with Gasteiger partial charge in [-0.15, -0.1) is 0 Å². The van der Waals surface area contributed by atoms with Crippen LogP contribution in [0.3, 0.4) is 0 Å². The summed E-state index contributed by atoms with van der Waals surface area (Å²) in [5.41, 5.74) is 1.03. The summed E-state index contributed by atoms with van der Waals surface area (Å²) in [5.74, 6) is -0.995. The summed E-state index contributed by atoms with van der Waals surface area (Å²) < 4.78 is 29.1. The summed E-state index contributed by atoms with van der Waals surface area (Å²) in [4.78, 5) is 29.8. The Hall–Kier alpha value is -3.56. The van der Waals surface area contributed by atoms with Gasteiger partial charge in [-0.3, -0.25) is 13.9 Å². The number of anilines is 1. The normalized spacial score (nSPS) is 12.3. The van der Waals surface area contributed by atoms with Crippen molar-refractivity contribution in [2.75, 3.05) is 10.8 Å². The third kappa shape index (κ3) is 9.23. The van der Waals surface area contributed by atoms with Crippen LogP contribution in [0, 0.1) is 0 Å². The summed E-state index contributed by atoms with van der Waals surface area (Å²) in [5, 5.41) is 3.92. The lowest BCUT2D eigenvalue weighted by Gasteiger charge is -2.35. The minimum Gasteiger partial charge on any atom is -0.350 e. The van der Waals surface area contributed by atoms with Gasteiger partial charge in [-0.1, -0.05) is 95.5 Å². The van der Waals surface area contributed by atoms with Gasteiger partial charge in [-0.05, 0) is 74.4 Å². The molecule has 0 fully saturated rings. The second-order valence-corrected chi connectivity index (χ2v) is 14.6. The van der Waals surface area contributed by atoms with Crippen molar-refractivity contribution in [2.45, 2.75) is 50.2 Å². The van der Waals surface area contributed by atoms with E-state index in [1.165, 1.54) is 23.1 Å². The Labute approximate surface area is 279 Å². The van der Waals surface area contributed by atoms with Crippen LogP contribution in [0.15, 0.2) is 108 Å². The van der Waals surface area contributed by atoms with Crippen LogP contribution in [-0.4, -0.2) is 43.3 Å². The quantitative estimate of drug-likeness (QED) is 0.178. The lowest BCUT2D eigenvalue weighted by Crippen LogP contribution is -2.56. The highest BCUT2D eigenvalue weighted by molar-refractivity contribution is 7.92. The molecule has 0 saturated carbocycles. The Morgan fingerprint density at radius 2 is 1.42 bits per heavy atom. The van der Waals surface area contributed by atoms with Gasteiger partial charge >= 0.3 is 0 Å². The van der Waals surface area contributed by atoms with Crippen molar-refractivity contribution < 1.29 is 18.0 Å². The number of hydrogen-bond acceptors (Lipinski definition) is 4. The van der Waals surface area contributed by atoms with E-state index in [0.717, 1.165) is 9.87 Å². The molecule has 7 nitrogen and oxygen atoms in total. The first-order valence-electron chi connectivity index (χ1n) is 14.2. The molecule has 0 heterocycles. The molecule has 0 radical (unpaired) electrons. The molecule has 0 aliphatic carbocycles. The van der Waals surface area contributed by atoms with E-state index < -0.39 is 34.1 Å². The van der Waals surface area contributed by atoms with Gasteiger partial charge in [0.05, 0.1) is 20.6 Å². The fourth-order valence-corrected chi connectivity index (χ4v) is 6.65. The summed E-state index contributed by atoms with van der Waals surface area (Å²) in [6, 6.07) is 27.4. The van der Waals surface area contributed by atoms with E-state index in [9.17, 15) is 18.0 Å². The second-order valence-electron chi connectivity index (χ2n) is 11.5. The average molecular weight is 687 g/mol. The van der Waals surface area contributed by atoms with Crippen LogP contribution in [0.2, 0.25) is 15.1 Å². The Morgan fingerprint density at radius 3 is 2.02 bits per heavy atom. The van der Waals surface area contributed by atoms with Crippen molar-refractivity contribution in [3.8, 4) is 0 Å². The van der Waals surface area contributed by atoms with E-state index in [-0.39, 0.29) is 34.5 Å². The Kier molecular flexibility index (Phi) is 11.2. The molecule has 2 amide bonds. The smallest absolute Gasteiger partial charge is 0.264 e. The lowest BCUT2D eigenvalue weighted by molar-refractivity contribution is -0.140. The van der Waals surface area contributed by atoms with Crippen LogP contribution in [0.25, 0.3) is 0 Å². The predicted octanol–water partition coefficient (Wildman–Crippen LogP) is 7.40. The number of hydrogen-bond donors (Lipinski definition) is 1. The first-order chi connectivity index (χ1) is 21.2. The molecule has 0 spiro atoms. The SMILES string of the molecule is CC(C)(C)NC(=O)C(Cc1ccccc1)N(Cc1ccc(Cl)c(Cl)c1)C(=O)CN(c1cccc(Cl)c1)S(=O)(=O)c1ccccc1. The lowest BCUT2D eigenvalue weighted by atomic mass is 10.0. The highest BCUT2D eigenvalue weighted by atomic mass is 35.5. The van der Waals surface area contributed by atoms with Crippen molar-refractivity contribution in [1.82, 2.24) is 10.2 Å². The summed E-state index contributed by atoms with van der Waals surface area (Å²) in [7, 11) is -4.23. The third-order valence-corrected chi connectivity index (χ3v) is 9.57. The molecule has 4 aromatic carbocycles. The number of carbonyl (C=O) groups is 2. The zero-order chi connectivity index (χ0) is 32.8. The average Bonchev–Trinajstić information content (AvgIpc) is 2.99. The van der Waals surface area contributed by atoms with Crippen LogP contribution < -0.4 is 9.62 Å². The molecule has 0 saturated heterocycles. The molecule has 0 bridgehead atoms. The third-order valence-electron chi connectivity index (χ3n) is 6.81. The van der Waals surface area contributed by atoms with Gasteiger partial charge in [-0.2, -0.15) is 0 Å². The monoisotopic (exact) mass is 685 g/mol. The topological polar surface area (TPSA) is 86.8 Å². The predicted molar refractivity (Wildman–Crippen MR) is 181 cm³/mol. The number of halogens is 3. The van der Waals surface area contributed by atoms with E-state index in [1.54, 1.807) is 54.6 Å². The Morgan fingerprint density at radius 1 is 0.778 bits per heavy atom. The number of nitrogens with one attached hydrogen (secondary N) is 1. The number of amides is 2. The minimum atomic E-state index is -4.23. The number of benzene rings is 4. The molecule has 0 aliphatic heterocycles. The van der Waals surface area contributed by atoms with Crippen molar-refractivity contribution in [3.05, 3.63) is 129 Å². The zero-order valence-electron chi connectivity index (χ0n) is 25.1. The maximum atomic E-state index is 14.5. The number of carbonyl (C=O) groups excluding carboxylic acids is 2. The molecule has 236 valence electrons. The van der Waals surface area contributed by atoms with Crippen LogP contribution in [0.5, 0.6) is 0 Å². The molecule has 1 atom stereocenters. The van der Waals surface area contributed by atoms with Gasteiger partial charge in [0.2, 0.25) is 11.8 Å². The molecule has 0 aliphatic rings. The van der Waals surface area contributed by atoms with Gasteiger partial charge < -0.3 is 10.2 Å². The van der Waals surface area contributed by atoms with Gasteiger partial charge in [0.1, 0.15) is 12.6 Å². The van der Waals surface area contributed by atoms with Gasteiger partial charge in [0.25, 0.3) is 10.0 Å². The largest absolute Gasteiger partial charge is 0.350 e. The summed E-state index contributed by atoms with van der Waals surface area (Å²) >= 11 is 18.8. The standard InChI is InChI=1S/C34H34Cl3N3O4S/c1-34(2,3)38-33(42)31(20-24-11-6-4-7-12-24)39(22-25-17-18-29(36)30(37)19-25)32(41)23-40(27-14-10-13-26(35)21-27)45(43,44)28-15-8-5-9-16-28/h4-19,21,31H,20,22-23H2,1-3H3,(H,38,42). The molecule has 0 aromatic heterocycles. The minimum absolute atomic E-state index is 0.000111. The molecule has 45 heavy (non-hydrogen) atoms. The highest BCUT2D eigenvalue weighted by Crippen LogP contribution is 2.28. The fraction of sp³-hybridized carbons (Fsp3) is 0.235. The van der Waals surface area contributed by atoms with E-state index in [2.05, 4.69) is 5.32 Å². The van der Waals surface area contributed by atoms with Crippen LogP contribution >= 0.6 is 34.8 Å². The number of sulfonamides is 1. The van der Waals surface area contributed by atoms with Crippen molar-refractivity contribution in [2.24, 2.45) is 0 Å². The maximum Gasteiger partial charge on any atom is 0.264 e. The van der Waals surface area contributed by atoms with Crippen LogP contribution in [-0.2, 0) is 32.6 Å². The fourth-order valence-electron chi connectivity index (χ4n) is 4.72. The van der Waals surface area contributed by atoms with Crippen LogP contribution in [0.4, 0.5) is 5.69 Å². The van der Waals surface area contributed by atoms with E-state index in [1.807, 2.05) is 51.1 Å². The van der Waals surface area contributed by atoms with E-state index >= 15 is 0 Å².